The SMILES string of the molecule is CCCC1CC(O)CCC1C(C)C. The predicted octanol–water partition coefficient (Wildman–Crippen LogP) is 3.22. The first-order valence-corrected chi connectivity index (χ1v) is 5.83. The summed E-state index contributed by atoms with van der Waals surface area (Å²) < 4.78 is 0. The van der Waals surface area contributed by atoms with E-state index in [1.54, 1.807) is 0 Å². The first kappa shape index (κ1) is 11.0. The Balaban J connectivity index is 2.50. The zero-order chi connectivity index (χ0) is 9.84. The third kappa shape index (κ3) is 2.98. The molecule has 1 nitrogen and oxygen atoms in total. The van der Waals surface area contributed by atoms with Crippen molar-refractivity contribution in [2.45, 2.75) is 59.0 Å². The van der Waals surface area contributed by atoms with Crippen LogP contribution in [0.1, 0.15) is 52.9 Å². The molecule has 0 amide bonds. The molecule has 0 saturated heterocycles. The van der Waals surface area contributed by atoms with Crippen molar-refractivity contribution < 1.29 is 5.11 Å². The largest absolute Gasteiger partial charge is 0.393 e. The Labute approximate surface area is 82.5 Å². The van der Waals surface area contributed by atoms with Crippen molar-refractivity contribution in [1.82, 2.24) is 0 Å². The summed E-state index contributed by atoms with van der Waals surface area (Å²) in [7, 11) is 0. The number of aliphatic hydroxyl groups is 1. The second kappa shape index (κ2) is 4.99. The molecule has 78 valence electrons. The summed E-state index contributed by atoms with van der Waals surface area (Å²) in [6, 6.07) is 0. The number of hydrogen-bond donors (Lipinski definition) is 1. The summed E-state index contributed by atoms with van der Waals surface area (Å²) in [5.74, 6) is 2.45. The van der Waals surface area contributed by atoms with E-state index < -0.39 is 0 Å². The van der Waals surface area contributed by atoms with Crippen molar-refractivity contribution in [2.75, 3.05) is 0 Å². The Morgan fingerprint density at radius 2 is 2.00 bits per heavy atom. The van der Waals surface area contributed by atoms with Gasteiger partial charge in [0.15, 0.2) is 0 Å². The van der Waals surface area contributed by atoms with Gasteiger partial charge in [0.1, 0.15) is 0 Å². The molecule has 1 rings (SSSR count). The van der Waals surface area contributed by atoms with Gasteiger partial charge in [-0.1, -0.05) is 33.6 Å². The van der Waals surface area contributed by atoms with E-state index in [0.29, 0.717) is 0 Å². The molecule has 1 aliphatic carbocycles. The van der Waals surface area contributed by atoms with Crippen LogP contribution in [0, 0.1) is 17.8 Å². The highest BCUT2D eigenvalue weighted by Gasteiger charge is 2.30. The molecular formula is C12H24O. The van der Waals surface area contributed by atoms with Crippen LogP contribution in [-0.4, -0.2) is 11.2 Å². The minimum absolute atomic E-state index is 0.00782. The van der Waals surface area contributed by atoms with Gasteiger partial charge >= 0.3 is 0 Å². The van der Waals surface area contributed by atoms with E-state index >= 15 is 0 Å². The van der Waals surface area contributed by atoms with Crippen LogP contribution in [0.4, 0.5) is 0 Å². The lowest BCUT2D eigenvalue weighted by Gasteiger charge is -2.36. The summed E-state index contributed by atoms with van der Waals surface area (Å²) >= 11 is 0. The molecule has 0 aromatic heterocycles. The Morgan fingerprint density at radius 1 is 1.31 bits per heavy atom. The van der Waals surface area contributed by atoms with E-state index in [4.69, 9.17) is 0 Å². The second-order valence-corrected chi connectivity index (χ2v) is 4.92. The molecule has 1 saturated carbocycles. The van der Waals surface area contributed by atoms with Crippen LogP contribution in [0.3, 0.4) is 0 Å². The molecule has 13 heavy (non-hydrogen) atoms. The van der Waals surface area contributed by atoms with Crippen molar-refractivity contribution in [2.24, 2.45) is 17.8 Å². The van der Waals surface area contributed by atoms with Gasteiger partial charge in [-0.3, -0.25) is 0 Å². The maximum absolute atomic E-state index is 9.61. The number of rotatable bonds is 3. The van der Waals surface area contributed by atoms with Crippen LogP contribution in [0.2, 0.25) is 0 Å². The predicted molar refractivity (Wildman–Crippen MR) is 56.6 cm³/mol. The fourth-order valence-corrected chi connectivity index (χ4v) is 2.84. The Bertz CT molecular complexity index is 142. The van der Waals surface area contributed by atoms with E-state index in [1.807, 2.05) is 0 Å². The van der Waals surface area contributed by atoms with Gasteiger partial charge in [-0.05, 0) is 37.0 Å². The summed E-state index contributed by atoms with van der Waals surface area (Å²) in [5.41, 5.74) is 0. The smallest absolute Gasteiger partial charge is 0.0543 e. The summed E-state index contributed by atoms with van der Waals surface area (Å²) in [5, 5.41) is 9.61. The van der Waals surface area contributed by atoms with Gasteiger partial charge in [-0.2, -0.15) is 0 Å². The zero-order valence-corrected chi connectivity index (χ0v) is 9.29. The molecule has 0 radical (unpaired) electrons. The fraction of sp³-hybridized carbons (Fsp3) is 1.00. The Hall–Kier alpha value is -0.0400. The monoisotopic (exact) mass is 184 g/mol. The van der Waals surface area contributed by atoms with Crippen LogP contribution < -0.4 is 0 Å². The highest BCUT2D eigenvalue weighted by Crippen LogP contribution is 2.37. The van der Waals surface area contributed by atoms with Gasteiger partial charge < -0.3 is 5.11 Å². The number of aliphatic hydroxyl groups excluding tert-OH is 1. The zero-order valence-electron chi connectivity index (χ0n) is 9.29. The molecule has 0 aliphatic heterocycles. The summed E-state index contributed by atoms with van der Waals surface area (Å²) in [6.07, 6.45) is 5.88. The van der Waals surface area contributed by atoms with E-state index in [2.05, 4.69) is 20.8 Å². The van der Waals surface area contributed by atoms with Crippen LogP contribution in [0.15, 0.2) is 0 Å². The molecule has 1 aliphatic rings. The average Bonchev–Trinajstić information content (AvgIpc) is 2.04. The first-order chi connectivity index (χ1) is 6.15. The van der Waals surface area contributed by atoms with Crippen molar-refractivity contribution in [3.05, 3.63) is 0 Å². The van der Waals surface area contributed by atoms with Crippen LogP contribution >= 0.6 is 0 Å². The van der Waals surface area contributed by atoms with Crippen molar-refractivity contribution in [3.63, 3.8) is 0 Å². The van der Waals surface area contributed by atoms with Gasteiger partial charge in [-0.15, -0.1) is 0 Å². The minimum Gasteiger partial charge on any atom is -0.393 e. The van der Waals surface area contributed by atoms with Crippen molar-refractivity contribution in [1.29, 1.82) is 0 Å². The maximum Gasteiger partial charge on any atom is 0.0543 e. The molecule has 3 unspecified atom stereocenters. The minimum atomic E-state index is -0.00782. The van der Waals surface area contributed by atoms with E-state index in [1.165, 1.54) is 19.3 Å². The summed E-state index contributed by atoms with van der Waals surface area (Å²) in [6.45, 7) is 6.90. The van der Waals surface area contributed by atoms with Gasteiger partial charge in [0.25, 0.3) is 0 Å². The standard InChI is InChI=1S/C12H24O/c1-4-5-10-8-11(13)6-7-12(10)9(2)3/h9-13H,4-8H2,1-3H3. The summed E-state index contributed by atoms with van der Waals surface area (Å²) in [4.78, 5) is 0. The van der Waals surface area contributed by atoms with Crippen molar-refractivity contribution in [3.8, 4) is 0 Å². The molecule has 0 aromatic carbocycles. The van der Waals surface area contributed by atoms with E-state index in [9.17, 15) is 5.11 Å². The lowest BCUT2D eigenvalue weighted by atomic mass is 9.71. The van der Waals surface area contributed by atoms with Gasteiger partial charge in [-0.25, -0.2) is 0 Å². The molecule has 1 fully saturated rings. The first-order valence-electron chi connectivity index (χ1n) is 5.83. The van der Waals surface area contributed by atoms with Crippen LogP contribution in [-0.2, 0) is 0 Å². The lowest BCUT2D eigenvalue weighted by molar-refractivity contribution is 0.0483. The molecule has 0 bridgehead atoms. The molecule has 1 heteroatoms. The third-order valence-corrected chi connectivity index (χ3v) is 3.53. The van der Waals surface area contributed by atoms with Gasteiger partial charge in [0.2, 0.25) is 0 Å². The third-order valence-electron chi connectivity index (χ3n) is 3.53. The van der Waals surface area contributed by atoms with Crippen LogP contribution in [0.25, 0.3) is 0 Å². The molecule has 0 aromatic rings. The quantitative estimate of drug-likeness (QED) is 0.714. The topological polar surface area (TPSA) is 20.2 Å². The average molecular weight is 184 g/mol. The second-order valence-electron chi connectivity index (χ2n) is 4.92. The van der Waals surface area contributed by atoms with E-state index in [0.717, 1.165) is 30.6 Å². The normalized spacial score (nSPS) is 35.3. The van der Waals surface area contributed by atoms with Gasteiger partial charge in [0, 0.05) is 0 Å². The Kier molecular flexibility index (Phi) is 4.24. The highest BCUT2D eigenvalue weighted by atomic mass is 16.3. The highest BCUT2D eigenvalue weighted by molar-refractivity contribution is 4.81. The maximum atomic E-state index is 9.61. The van der Waals surface area contributed by atoms with Crippen molar-refractivity contribution >= 4 is 0 Å². The molecule has 1 N–H and O–H groups in total. The molecule has 3 atom stereocenters. The Morgan fingerprint density at radius 3 is 2.54 bits per heavy atom. The lowest BCUT2D eigenvalue weighted by Crippen LogP contribution is -2.30. The molecule has 0 heterocycles. The molecule has 0 spiro atoms. The number of hydrogen-bond acceptors (Lipinski definition) is 1. The molecular weight excluding hydrogens is 160 g/mol. The van der Waals surface area contributed by atoms with Crippen LogP contribution in [0.5, 0.6) is 0 Å². The fourth-order valence-electron chi connectivity index (χ4n) is 2.84. The van der Waals surface area contributed by atoms with E-state index in [-0.39, 0.29) is 6.10 Å². The van der Waals surface area contributed by atoms with Gasteiger partial charge in [0.05, 0.1) is 6.10 Å².